The van der Waals surface area contributed by atoms with Crippen molar-refractivity contribution in [2.45, 2.75) is 30.2 Å². The number of aromatic nitrogens is 2. The van der Waals surface area contributed by atoms with Crippen LogP contribution in [0.5, 0.6) is 0 Å². The minimum absolute atomic E-state index is 0.0364. The van der Waals surface area contributed by atoms with E-state index in [1.54, 1.807) is 0 Å². The number of rotatable bonds is 7. The Balaban J connectivity index is 1.34. The topological polar surface area (TPSA) is 105 Å². The molecular formula is C26H24N3O5S2+. The summed E-state index contributed by atoms with van der Waals surface area (Å²) in [5.41, 5.74) is 2.80. The number of ether oxygens (including phenoxy) is 1. The molecule has 1 aliphatic carbocycles. The van der Waals surface area contributed by atoms with E-state index in [0.717, 1.165) is 41.5 Å². The van der Waals surface area contributed by atoms with Crippen molar-refractivity contribution in [3.63, 3.8) is 0 Å². The lowest BCUT2D eigenvalue weighted by Crippen LogP contribution is -2.36. The van der Waals surface area contributed by atoms with Gasteiger partial charge >= 0.3 is 16.6 Å². The van der Waals surface area contributed by atoms with Crippen molar-refractivity contribution in [3.05, 3.63) is 92.7 Å². The van der Waals surface area contributed by atoms with Crippen molar-refractivity contribution in [3.8, 4) is 5.69 Å². The second-order valence-electron chi connectivity index (χ2n) is 8.34. The smallest absolute Gasteiger partial charge is 0.442 e. The molecule has 36 heavy (non-hydrogen) atoms. The molecule has 1 atom stereocenters. The number of para-hydroxylation sites is 1. The molecule has 2 aromatic heterocycles. The van der Waals surface area contributed by atoms with E-state index in [-0.39, 0.29) is 16.7 Å². The average molecular weight is 523 g/mol. The molecule has 2 aromatic carbocycles. The Bertz CT molecular complexity index is 1440. The van der Waals surface area contributed by atoms with Crippen LogP contribution < -0.4 is 15.6 Å². The van der Waals surface area contributed by atoms with Crippen molar-refractivity contribution in [1.82, 2.24) is 5.27 Å². The van der Waals surface area contributed by atoms with Crippen molar-refractivity contribution >= 4 is 40.0 Å². The number of carbonyl (C=O) groups excluding carboxylic acids is 2. The van der Waals surface area contributed by atoms with E-state index in [1.807, 2.05) is 48.5 Å². The van der Waals surface area contributed by atoms with Crippen LogP contribution in [-0.4, -0.2) is 30.0 Å². The van der Waals surface area contributed by atoms with Crippen molar-refractivity contribution < 1.29 is 23.5 Å². The molecule has 1 unspecified atom stereocenters. The zero-order valence-electron chi connectivity index (χ0n) is 19.5. The second kappa shape index (κ2) is 10.5. The van der Waals surface area contributed by atoms with Gasteiger partial charge in [-0.05, 0) is 58.0 Å². The van der Waals surface area contributed by atoms with Gasteiger partial charge in [0.05, 0.1) is 18.4 Å². The van der Waals surface area contributed by atoms with Gasteiger partial charge in [-0.1, -0.05) is 48.5 Å². The molecule has 184 valence electrons. The fourth-order valence-corrected chi connectivity index (χ4v) is 6.54. The molecule has 10 heteroatoms. The van der Waals surface area contributed by atoms with Crippen molar-refractivity contribution in [2.75, 3.05) is 18.2 Å². The molecule has 0 saturated heterocycles. The van der Waals surface area contributed by atoms with Crippen LogP contribution in [0.25, 0.3) is 5.69 Å². The van der Waals surface area contributed by atoms with Gasteiger partial charge in [0.1, 0.15) is 5.00 Å². The van der Waals surface area contributed by atoms with E-state index < -0.39 is 11.6 Å². The number of nitrogens with zero attached hydrogens (tertiary/aromatic N) is 1. The number of amides is 1. The molecule has 1 amide bonds. The van der Waals surface area contributed by atoms with Crippen LogP contribution >= 0.6 is 23.1 Å². The number of fused-ring (bicyclic) bond motifs is 1. The van der Waals surface area contributed by atoms with Gasteiger partial charge in [0.15, 0.2) is 0 Å². The highest BCUT2D eigenvalue weighted by atomic mass is 32.2. The van der Waals surface area contributed by atoms with E-state index in [1.165, 1.54) is 28.7 Å². The molecule has 0 fully saturated rings. The lowest BCUT2D eigenvalue weighted by molar-refractivity contribution is -0.704. The fourth-order valence-electron chi connectivity index (χ4n) is 4.43. The Kier molecular flexibility index (Phi) is 7.06. The van der Waals surface area contributed by atoms with Gasteiger partial charge in [-0.15, -0.1) is 11.3 Å². The Morgan fingerprint density at radius 2 is 1.89 bits per heavy atom. The van der Waals surface area contributed by atoms with Crippen LogP contribution in [0.15, 0.2) is 75.0 Å². The number of thiophene rings is 1. The molecular weight excluding hydrogens is 498 g/mol. The highest BCUT2D eigenvalue weighted by Crippen LogP contribution is 2.42. The van der Waals surface area contributed by atoms with Crippen LogP contribution in [-0.2, 0) is 22.4 Å². The number of anilines is 1. The minimum atomic E-state index is -0.564. The highest BCUT2D eigenvalue weighted by molar-refractivity contribution is 7.99. The van der Waals surface area contributed by atoms with Crippen LogP contribution in [0.4, 0.5) is 5.00 Å². The minimum Gasteiger partial charge on any atom is -0.465 e. The Labute approximate surface area is 215 Å². The number of benzene rings is 2. The standard InChI is InChI=1S/C26H23N3O5S2/c1-33-25(31)22-19-13-12-17(16-8-4-2-5-9-16)14-20(19)36-23(22)27-21(30)15-35-24-26(32)34-28-29(24)18-10-6-3-7-11-18/h2-11,17H,12-15H2,1H3,(H-,27,28,30,31,32)/p+1. The van der Waals surface area contributed by atoms with E-state index in [0.29, 0.717) is 22.2 Å². The lowest BCUT2D eigenvalue weighted by Gasteiger charge is -2.22. The molecule has 4 aromatic rings. The number of hydrogen-bond donors (Lipinski definition) is 2. The summed E-state index contributed by atoms with van der Waals surface area (Å²) in [6, 6.07) is 19.5. The normalized spacial score (nSPS) is 14.8. The summed E-state index contributed by atoms with van der Waals surface area (Å²) in [5, 5.41) is 6.19. The van der Waals surface area contributed by atoms with Gasteiger partial charge in [-0.25, -0.2) is 9.59 Å². The molecule has 5 rings (SSSR count). The Hall–Kier alpha value is -3.63. The summed E-state index contributed by atoms with van der Waals surface area (Å²) in [5.74, 6) is -0.459. The number of esters is 1. The van der Waals surface area contributed by atoms with Crippen molar-refractivity contribution in [1.29, 1.82) is 0 Å². The third-order valence-electron chi connectivity index (χ3n) is 6.14. The first-order valence-electron chi connectivity index (χ1n) is 11.4. The van der Waals surface area contributed by atoms with E-state index in [9.17, 15) is 14.4 Å². The molecule has 0 saturated carbocycles. The molecule has 2 heterocycles. The zero-order valence-corrected chi connectivity index (χ0v) is 21.1. The molecule has 0 spiro atoms. The number of hydrogen-bond acceptors (Lipinski definition) is 7. The maximum Gasteiger partial charge on any atom is 0.442 e. The summed E-state index contributed by atoms with van der Waals surface area (Å²) in [6.45, 7) is 0. The first-order chi connectivity index (χ1) is 17.5. The maximum atomic E-state index is 12.9. The summed E-state index contributed by atoms with van der Waals surface area (Å²) in [7, 11) is 1.34. The largest absolute Gasteiger partial charge is 0.465 e. The summed E-state index contributed by atoms with van der Waals surface area (Å²) >= 11 is 2.48. The quantitative estimate of drug-likeness (QED) is 0.215. The first-order valence-corrected chi connectivity index (χ1v) is 13.2. The fraction of sp³-hybridized carbons (Fsp3) is 0.231. The molecule has 2 N–H and O–H groups in total. The summed E-state index contributed by atoms with van der Waals surface area (Å²) in [4.78, 5) is 38.9. The monoisotopic (exact) mass is 522 g/mol. The third-order valence-corrected chi connectivity index (χ3v) is 8.34. The van der Waals surface area contributed by atoms with Crippen LogP contribution in [0.2, 0.25) is 0 Å². The number of H-pyrrole nitrogens is 1. The maximum absolute atomic E-state index is 12.9. The number of aromatic amines is 1. The van der Waals surface area contributed by atoms with Crippen LogP contribution in [0, 0.1) is 0 Å². The van der Waals surface area contributed by atoms with Crippen LogP contribution in [0.3, 0.4) is 0 Å². The average Bonchev–Trinajstić information content (AvgIpc) is 3.46. The van der Waals surface area contributed by atoms with Gasteiger partial charge in [0.2, 0.25) is 11.6 Å². The van der Waals surface area contributed by atoms with Gasteiger partial charge in [-0.2, -0.15) is 0 Å². The Morgan fingerprint density at radius 1 is 1.17 bits per heavy atom. The second-order valence-corrected chi connectivity index (χ2v) is 10.4. The summed E-state index contributed by atoms with van der Waals surface area (Å²) in [6.07, 6.45) is 2.46. The molecule has 0 aliphatic heterocycles. The van der Waals surface area contributed by atoms with Crippen molar-refractivity contribution in [2.24, 2.45) is 0 Å². The lowest BCUT2D eigenvalue weighted by atomic mass is 9.83. The van der Waals surface area contributed by atoms with E-state index in [4.69, 9.17) is 9.26 Å². The highest BCUT2D eigenvalue weighted by Gasteiger charge is 2.31. The predicted octanol–water partition coefficient (Wildman–Crippen LogP) is 4.10. The zero-order chi connectivity index (χ0) is 25.1. The third kappa shape index (κ3) is 4.87. The van der Waals surface area contributed by atoms with E-state index >= 15 is 0 Å². The molecule has 1 aliphatic rings. The molecule has 0 bridgehead atoms. The van der Waals surface area contributed by atoms with Gasteiger partial charge in [0.25, 0.3) is 0 Å². The first kappa shape index (κ1) is 24.1. The van der Waals surface area contributed by atoms with Gasteiger partial charge in [0, 0.05) is 17.0 Å². The summed E-state index contributed by atoms with van der Waals surface area (Å²) < 4.78 is 11.5. The number of thioether (sulfide) groups is 1. The predicted molar refractivity (Wildman–Crippen MR) is 137 cm³/mol. The number of methoxy groups -OCH3 is 1. The van der Waals surface area contributed by atoms with Gasteiger partial charge in [-0.3, -0.25) is 9.32 Å². The molecule has 8 nitrogen and oxygen atoms in total. The van der Waals surface area contributed by atoms with E-state index in [2.05, 4.69) is 22.7 Å². The van der Waals surface area contributed by atoms with Crippen LogP contribution in [0.1, 0.15) is 38.7 Å². The SMILES string of the molecule is COC(=O)c1c(NC(=O)CSc2c(=O)o[nH][n+]2-c2ccccc2)sc2c1CCC(c1ccccc1)C2. The number of nitrogens with one attached hydrogen (secondary N) is 2. The van der Waals surface area contributed by atoms with Gasteiger partial charge < -0.3 is 10.1 Å². The molecule has 0 radical (unpaired) electrons. The Morgan fingerprint density at radius 3 is 2.61 bits per heavy atom. The number of carbonyl (C=O) groups is 2.